The molecule has 1 aliphatic rings. The molecule has 6 heteroatoms. The summed E-state index contributed by atoms with van der Waals surface area (Å²) >= 11 is 7.38. The topological polar surface area (TPSA) is 47.6 Å². The number of thioether (sulfide) groups is 1. The zero-order valence-corrected chi connectivity index (χ0v) is 16.6. The normalized spacial score (nSPS) is 17.8. The van der Waals surface area contributed by atoms with Gasteiger partial charge in [0.1, 0.15) is 17.1 Å². The Morgan fingerprint density at radius 3 is 2.73 bits per heavy atom. The maximum Gasteiger partial charge on any atom is 0.230 e. The Balaban J connectivity index is 1.68. The Morgan fingerprint density at radius 2 is 2.04 bits per heavy atom. The van der Waals surface area contributed by atoms with Gasteiger partial charge < -0.3 is 14.8 Å². The van der Waals surface area contributed by atoms with Crippen molar-refractivity contribution in [2.75, 3.05) is 12.9 Å². The molecule has 0 aromatic heterocycles. The van der Waals surface area contributed by atoms with Gasteiger partial charge in [-0.15, -0.1) is 11.8 Å². The van der Waals surface area contributed by atoms with E-state index in [9.17, 15) is 4.79 Å². The minimum absolute atomic E-state index is 0.00517. The van der Waals surface area contributed by atoms with Crippen molar-refractivity contribution in [1.29, 1.82) is 0 Å². The van der Waals surface area contributed by atoms with Crippen molar-refractivity contribution in [2.45, 2.75) is 36.8 Å². The van der Waals surface area contributed by atoms with Gasteiger partial charge in [-0.3, -0.25) is 4.79 Å². The number of carbonyl (C=O) groups is 1. The van der Waals surface area contributed by atoms with Crippen LogP contribution in [-0.2, 0) is 4.79 Å². The van der Waals surface area contributed by atoms with E-state index in [1.165, 1.54) is 11.8 Å². The predicted octanol–water partition coefficient (Wildman–Crippen LogP) is 4.86. The number of hydrogen-bond donors (Lipinski definition) is 1. The van der Waals surface area contributed by atoms with E-state index in [1.807, 2.05) is 56.3 Å². The minimum atomic E-state index is -0.360. The van der Waals surface area contributed by atoms with Crippen LogP contribution in [0.2, 0.25) is 5.02 Å². The highest BCUT2D eigenvalue weighted by molar-refractivity contribution is 8.00. The molecule has 2 aromatic rings. The second kappa shape index (κ2) is 7.80. The number of benzene rings is 2. The lowest BCUT2D eigenvalue weighted by Crippen LogP contribution is -2.41. The van der Waals surface area contributed by atoms with E-state index in [-0.39, 0.29) is 17.6 Å². The second-order valence-corrected chi connectivity index (χ2v) is 8.32. The summed E-state index contributed by atoms with van der Waals surface area (Å²) in [6.07, 6.45) is 0.712. The molecule has 26 heavy (non-hydrogen) atoms. The van der Waals surface area contributed by atoms with Crippen LogP contribution in [0.25, 0.3) is 0 Å². The molecule has 1 heterocycles. The van der Waals surface area contributed by atoms with Gasteiger partial charge in [0, 0.05) is 28.0 Å². The van der Waals surface area contributed by atoms with Crippen molar-refractivity contribution >= 4 is 29.3 Å². The summed E-state index contributed by atoms with van der Waals surface area (Å²) in [4.78, 5) is 13.5. The van der Waals surface area contributed by atoms with E-state index in [1.54, 1.807) is 7.11 Å². The highest BCUT2D eigenvalue weighted by Gasteiger charge is 2.34. The van der Waals surface area contributed by atoms with E-state index in [0.717, 1.165) is 22.0 Å². The molecule has 4 nitrogen and oxygen atoms in total. The van der Waals surface area contributed by atoms with Crippen LogP contribution in [0.4, 0.5) is 0 Å². The average Bonchev–Trinajstić information content (AvgIpc) is 2.59. The van der Waals surface area contributed by atoms with E-state index in [2.05, 4.69) is 5.32 Å². The monoisotopic (exact) mass is 391 g/mol. The fourth-order valence-corrected chi connectivity index (χ4v) is 3.84. The van der Waals surface area contributed by atoms with Crippen LogP contribution in [-0.4, -0.2) is 24.4 Å². The molecule has 0 unspecified atom stereocenters. The summed E-state index contributed by atoms with van der Waals surface area (Å²) in [5, 5.41) is 3.83. The van der Waals surface area contributed by atoms with Gasteiger partial charge in [-0.1, -0.05) is 11.6 Å². The van der Waals surface area contributed by atoms with Crippen molar-refractivity contribution in [3.8, 4) is 11.5 Å². The molecule has 2 aromatic carbocycles. The summed E-state index contributed by atoms with van der Waals surface area (Å²) in [7, 11) is 1.63. The number of hydrogen-bond acceptors (Lipinski definition) is 4. The molecule has 1 aliphatic heterocycles. The Kier molecular flexibility index (Phi) is 5.68. The molecule has 1 atom stereocenters. The molecule has 0 fully saturated rings. The number of rotatable bonds is 5. The third kappa shape index (κ3) is 4.65. The zero-order valence-electron chi connectivity index (χ0n) is 15.0. The molecule has 138 valence electrons. The first kappa shape index (κ1) is 18.9. The molecule has 1 N–H and O–H groups in total. The van der Waals surface area contributed by atoms with E-state index in [4.69, 9.17) is 21.1 Å². The fourth-order valence-electron chi connectivity index (χ4n) is 3.00. The summed E-state index contributed by atoms with van der Waals surface area (Å²) in [5.41, 5.74) is 0.621. The number of fused-ring (bicyclic) bond motifs is 1. The Bertz CT molecular complexity index is 792. The number of methoxy groups -OCH3 is 1. The first-order chi connectivity index (χ1) is 12.4. The SMILES string of the molecule is COc1ccc2c(c1)OC(C)(C)C[C@@H]2NC(=O)CSc1ccc(Cl)cc1. The smallest absolute Gasteiger partial charge is 0.230 e. The first-order valence-corrected chi connectivity index (χ1v) is 9.77. The lowest BCUT2D eigenvalue weighted by molar-refractivity contribution is -0.119. The van der Waals surface area contributed by atoms with Crippen molar-refractivity contribution in [3.63, 3.8) is 0 Å². The van der Waals surface area contributed by atoms with E-state index < -0.39 is 0 Å². The zero-order chi connectivity index (χ0) is 18.7. The third-order valence-electron chi connectivity index (χ3n) is 4.20. The lowest BCUT2D eigenvalue weighted by atomic mass is 9.89. The largest absolute Gasteiger partial charge is 0.497 e. The fraction of sp³-hybridized carbons (Fsp3) is 0.350. The van der Waals surface area contributed by atoms with Crippen LogP contribution in [0.3, 0.4) is 0 Å². The molecule has 0 bridgehead atoms. The van der Waals surface area contributed by atoms with Gasteiger partial charge in [0.25, 0.3) is 0 Å². The molecule has 0 aliphatic carbocycles. The average molecular weight is 392 g/mol. The Morgan fingerprint density at radius 1 is 1.31 bits per heavy atom. The molecule has 0 spiro atoms. The van der Waals surface area contributed by atoms with Gasteiger partial charge in [0.05, 0.1) is 18.9 Å². The number of halogens is 1. The maximum absolute atomic E-state index is 12.5. The molecule has 0 radical (unpaired) electrons. The Hall–Kier alpha value is -1.85. The van der Waals surface area contributed by atoms with Crippen molar-refractivity contribution in [1.82, 2.24) is 5.32 Å². The first-order valence-electron chi connectivity index (χ1n) is 8.41. The van der Waals surface area contributed by atoms with E-state index in [0.29, 0.717) is 17.2 Å². The van der Waals surface area contributed by atoms with Gasteiger partial charge in [0.15, 0.2) is 0 Å². The lowest BCUT2D eigenvalue weighted by Gasteiger charge is -2.38. The van der Waals surface area contributed by atoms with Crippen LogP contribution >= 0.6 is 23.4 Å². The molecular formula is C20H22ClNO3S. The number of ether oxygens (including phenoxy) is 2. The second-order valence-electron chi connectivity index (χ2n) is 6.83. The molecular weight excluding hydrogens is 370 g/mol. The summed E-state index contributed by atoms with van der Waals surface area (Å²) in [6.45, 7) is 4.05. The minimum Gasteiger partial charge on any atom is -0.497 e. The molecule has 0 saturated heterocycles. The van der Waals surface area contributed by atoms with Gasteiger partial charge >= 0.3 is 0 Å². The van der Waals surface area contributed by atoms with E-state index >= 15 is 0 Å². The van der Waals surface area contributed by atoms with Gasteiger partial charge in [-0.2, -0.15) is 0 Å². The quantitative estimate of drug-likeness (QED) is 0.739. The van der Waals surface area contributed by atoms with Gasteiger partial charge in [-0.25, -0.2) is 0 Å². The van der Waals surface area contributed by atoms with Gasteiger partial charge in [-0.05, 0) is 50.2 Å². The summed E-state index contributed by atoms with van der Waals surface area (Å²) in [5.74, 6) is 1.85. The third-order valence-corrected chi connectivity index (χ3v) is 5.46. The van der Waals surface area contributed by atoms with Crippen molar-refractivity contribution in [3.05, 3.63) is 53.1 Å². The van der Waals surface area contributed by atoms with Gasteiger partial charge in [0.2, 0.25) is 5.91 Å². The van der Waals surface area contributed by atoms with Crippen LogP contribution in [0.1, 0.15) is 31.9 Å². The van der Waals surface area contributed by atoms with Crippen LogP contribution < -0.4 is 14.8 Å². The van der Waals surface area contributed by atoms with Crippen molar-refractivity contribution < 1.29 is 14.3 Å². The highest BCUT2D eigenvalue weighted by Crippen LogP contribution is 2.41. The van der Waals surface area contributed by atoms with Crippen LogP contribution in [0.5, 0.6) is 11.5 Å². The number of carbonyl (C=O) groups excluding carboxylic acids is 1. The summed E-state index contributed by atoms with van der Waals surface area (Å²) in [6, 6.07) is 13.1. The van der Waals surface area contributed by atoms with Crippen LogP contribution in [0.15, 0.2) is 47.4 Å². The predicted molar refractivity (Wildman–Crippen MR) is 105 cm³/mol. The molecule has 3 rings (SSSR count). The van der Waals surface area contributed by atoms with Crippen molar-refractivity contribution in [2.24, 2.45) is 0 Å². The maximum atomic E-state index is 12.5. The molecule has 1 amide bonds. The highest BCUT2D eigenvalue weighted by atomic mass is 35.5. The molecule has 0 saturated carbocycles. The summed E-state index contributed by atoms with van der Waals surface area (Å²) < 4.78 is 11.3. The number of nitrogens with one attached hydrogen (secondary N) is 1. The standard InChI is InChI=1S/C20H22ClNO3S/c1-20(2)11-17(16-9-6-14(24-3)10-18(16)25-20)22-19(23)12-26-15-7-4-13(21)5-8-15/h4-10,17H,11-12H2,1-3H3,(H,22,23)/t17-/m0/s1. The van der Waals surface area contributed by atoms with Crippen LogP contribution in [0, 0.1) is 0 Å². The number of amides is 1. The Labute approximate surface area is 163 Å².